The van der Waals surface area contributed by atoms with E-state index in [1.54, 1.807) is 35.1 Å². The van der Waals surface area contributed by atoms with Crippen LogP contribution in [-0.2, 0) is 11.3 Å². The van der Waals surface area contributed by atoms with Crippen molar-refractivity contribution in [1.82, 2.24) is 24.9 Å². The van der Waals surface area contributed by atoms with Gasteiger partial charge in [-0.3, -0.25) is 4.79 Å². The van der Waals surface area contributed by atoms with Crippen molar-refractivity contribution in [2.75, 3.05) is 5.75 Å². The van der Waals surface area contributed by atoms with Crippen LogP contribution in [0, 0.1) is 5.82 Å². The Kier molecular flexibility index (Phi) is 4.82. The van der Waals surface area contributed by atoms with Crippen LogP contribution >= 0.6 is 11.8 Å². The van der Waals surface area contributed by atoms with Crippen LogP contribution in [0.2, 0.25) is 0 Å². The standard InChI is InChI=1S/C15H14FN5OS/c16-12-4-2-11(3-5-12)10-18-13(22)6-9-23-15-19-14-17-7-1-8-21(14)20-15/h1-5,7-8H,6,9-10H2,(H,18,22). The van der Waals surface area contributed by atoms with E-state index in [1.165, 1.54) is 23.9 Å². The van der Waals surface area contributed by atoms with Crippen LogP contribution < -0.4 is 5.32 Å². The van der Waals surface area contributed by atoms with Crippen molar-refractivity contribution in [2.24, 2.45) is 0 Å². The Hall–Kier alpha value is -2.48. The highest BCUT2D eigenvalue weighted by Crippen LogP contribution is 2.14. The molecule has 0 radical (unpaired) electrons. The lowest BCUT2D eigenvalue weighted by Crippen LogP contribution is -2.22. The second-order valence-electron chi connectivity index (χ2n) is 4.76. The molecule has 0 aliphatic rings. The molecule has 0 bridgehead atoms. The summed E-state index contributed by atoms with van der Waals surface area (Å²) in [5, 5.41) is 7.64. The Labute approximate surface area is 136 Å². The lowest BCUT2D eigenvalue weighted by molar-refractivity contribution is -0.120. The number of benzene rings is 1. The molecule has 0 saturated heterocycles. The summed E-state index contributed by atoms with van der Waals surface area (Å²) in [5.74, 6) is 0.761. The number of hydrogen-bond acceptors (Lipinski definition) is 5. The van der Waals surface area contributed by atoms with Crippen molar-refractivity contribution in [3.05, 3.63) is 54.1 Å². The van der Waals surface area contributed by atoms with Crippen molar-refractivity contribution in [3.8, 4) is 0 Å². The molecule has 3 aromatic rings. The summed E-state index contributed by atoms with van der Waals surface area (Å²) in [4.78, 5) is 20.1. The number of hydrogen-bond donors (Lipinski definition) is 1. The largest absolute Gasteiger partial charge is 0.352 e. The van der Waals surface area contributed by atoms with E-state index in [9.17, 15) is 9.18 Å². The van der Waals surface area contributed by atoms with Crippen LogP contribution in [0.15, 0.2) is 47.9 Å². The third-order valence-electron chi connectivity index (χ3n) is 3.06. The second-order valence-corrected chi connectivity index (χ2v) is 5.82. The molecular formula is C15H14FN5OS. The van der Waals surface area contributed by atoms with Gasteiger partial charge in [0.25, 0.3) is 5.78 Å². The zero-order valence-corrected chi connectivity index (χ0v) is 13.0. The van der Waals surface area contributed by atoms with Gasteiger partial charge in [0.2, 0.25) is 11.1 Å². The third kappa shape index (κ3) is 4.26. The zero-order chi connectivity index (χ0) is 16.1. The van der Waals surface area contributed by atoms with Gasteiger partial charge in [0.15, 0.2) is 0 Å². The molecule has 3 rings (SSSR count). The number of aromatic nitrogens is 4. The third-order valence-corrected chi connectivity index (χ3v) is 3.90. The predicted molar refractivity (Wildman–Crippen MR) is 84.4 cm³/mol. The van der Waals surface area contributed by atoms with Gasteiger partial charge in [0.1, 0.15) is 5.82 Å². The topological polar surface area (TPSA) is 72.2 Å². The predicted octanol–water partition coefficient (Wildman–Crippen LogP) is 2.06. The molecule has 0 unspecified atom stereocenters. The fraction of sp³-hybridized carbons (Fsp3) is 0.200. The Morgan fingerprint density at radius 3 is 2.91 bits per heavy atom. The van der Waals surface area contributed by atoms with Crippen molar-refractivity contribution in [1.29, 1.82) is 0 Å². The lowest BCUT2D eigenvalue weighted by Gasteiger charge is -2.04. The maximum absolute atomic E-state index is 12.8. The number of halogens is 1. The van der Waals surface area contributed by atoms with Crippen LogP contribution in [0.5, 0.6) is 0 Å². The van der Waals surface area contributed by atoms with Gasteiger partial charge in [0, 0.05) is 31.1 Å². The summed E-state index contributed by atoms with van der Waals surface area (Å²) >= 11 is 1.40. The maximum Gasteiger partial charge on any atom is 0.253 e. The molecule has 0 atom stereocenters. The first kappa shape index (κ1) is 15.4. The van der Waals surface area contributed by atoms with E-state index in [2.05, 4.69) is 20.4 Å². The average Bonchev–Trinajstić information content (AvgIpc) is 2.97. The Balaban J connectivity index is 1.43. The molecule has 0 aliphatic carbocycles. The first-order chi connectivity index (χ1) is 11.2. The quantitative estimate of drug-likeness (QED) is 0.700. The first-order valence-electron chi connectivity index (χ1n) is 7.02. The molecule has 1 amide bonds. The van der Waals surface area contributed by atoms with Crippen molar-refractivity contribution in [2.45, 2.75) is 18.1 Å². The molecule has 6 nitrogen and oxygen atoms in total. The Bertz CT molecular complexity index is 772. The van der Waals surface area contributed by atoms with Gasteiger partial charge in [0.05, 0.1) is 0 Å². The van der Waals surface area contributed by atoms with E-state index < -0.39 is 0 Å². The molecule has 2 aromatic heterocycles. The van der Waals surface area contributed by atoms with E-state index in [1.807, 2.05) is 0 Å². The van der Waals surface area contributed by atoms with Gasteiger partial charge in [-0.25, -0.2) is 13.9 Å². The zero-order valence-electron chi connectivity index (χ0n) is 12.1. The molecule has 1 aromatic carbocycles. The minimum Gasteiger partial charge on any atom is -0.352 e. The highest BCUT2D eigenvalue weighted by atomic mass is 32.2. The molecule has 0 saturated carbocycles. The average molecular weight is 331 g/mol. The number of amides is 1. The smallest absolute Gasteiger partial charge is 0.253 e. The SMILES string of the molecule is O=C(CCSc1nc2ncccn2n1)NCc1ccc(F)cc1. The van der Waals surface area contributed by atoms with Gasteiger partial charge in [-0.05, 0) is 23.8 Å². The van der Waals surface area contributed by atoms with Gasteiger partial charge in [-0.2, -0.15) is 4.98 Å². The molecule has 2 heterocycles. The van der Waals surface area contributed by atoms with Crippen LogP contribution in [0.3, 0.4) is 0 Å². The van der Waals surface area contributed by atoms with E-state index in [-0.39, 0.29) is 11.7 Å². The lowest BCUT2D eigenvalue weighted by atomic mass is 10.2. The highest BCUT2D eigenvalue weighted by Gasteiger charge is 2.07. The summed E-state index contributed by atoms with van der Waals surface area (Å²) in [7, 11) is 0. The van der Waals surface area contributed by atoms with Gasteiger partial charge < -0.3 is 5.32 Å². The fourth-order valence-corrected chi connectivity index (χ4v) is 2.66. The number of fused-ring (bicyclic) bond motifs is 1. The minimum absolute atomic E-state index is 0.0660. The highest BCUT2D eigenvalue weighted by molar-refractivity contribution is 7.99. The van der Waals surface area contributed by atoms with Gasteiger partial charge in [-0.15, -0.1) is 5.10 Å². The van der Waals surface area contributed by atoms with Crippen LogP contribution in [-0.4, -0.2) is 31.2 Å². The van der Waals surface area contributed by atoms with E-state index in [0.29, 0.717) is 29.7 Å². The molecule has 23 heavy (non-hydrogen) atoms. The number of carbonyl (C=O) groups excluding carboxylic acids is 1. The molecule has 118 valence electrons. The van der Waals surface area contributed by atoms with Crippen LogP contribution in [0.25, 0.3) is 5.78 Å². The Morgan fingerprint density at radius 2 is 2.13 bits per heavy atom. The molecular weight excluding hydrogens is 317 g/mol. The molecule has 0 aliphatic heterocycles. The van der Waals surface area contributed by atoms with Gasteiger partial charge in [-0.1, -0.05) is 23.9 Å². The normalized spacial score (nSPS) is 10.8. The molecule has 1 N–H and O–H groups in total. The van der Waals surface area contributed by atoms with Gasteiger partial charge >= 0.3 is 0 Å². The summed E-state index contributed by atoms with van der Waals surface area (Å²) < 4.78 is 14.4. The summed E-state index contributed by atoms with van der Waals surface area (Å²) in [6.45, 7) is 0.389. The van der Waals surface area contributed by atoms with Crippen molar-refractivity contribution in [3.63, 3.8) is 0 Å². The fourth-order valence-electron chi connectivity index (χ4n) is 1.90. The number of nitrogens with one attached hydrogen (secondary N) is 1. The number of thioether (sulfide) groups is 1. The van der Waals surface area contributed by atoms with E-state index >= 15 is 0 Å². The monoisotopic (exact) mass is 331 g/mol. The Morgan fingerprint density at radius 1 is 1.30 bits per heavy atom. The van der Waals surface area contributed by atoms with E-state index in [0.717, 1.165) is 5.56 Å². The van der Waals surface area contributed by atoms with Crippen LogP contribution in [0.1, 0.15) is 12.0 Å². The second kappa shape index (κ2) is 7.19. The number of rotatable bonds is 6. The van der Waals surface area contributed by atoms with Crippen molar-refractivity contribution < 1.29 is 9.18 Å². The summed E-state index contributed by atoms with van der Waals surface area (Å²) in [6.07, 6.45) is 3.78. The minimum atomic E-state index is -0.286. The van der Waals surface area contributed by atoms with Crippen LogP contribution in [0.4, 0.5) is 4.39 Å². The molecule has 0 spiro atoms. The number of nitrogens with zero attached hydrogens (tertiary/aromatic N) is 4. The number of carbonyl (C=O) groups is 1. The maximum atomic E-state index is 12.8. The molecule has 0 fully saturated rings. The van der Waals surface area contributed by atoms with Crippen molar-refractivity contribution >= 4 is 23.4 Å². The summed E-state index contributed by atoms with van der Waals surface area (Å²) in [6, 6.07) is 7.83. The van der Waals surface area contributed by atoms with E-state index in [4.69, 9.17) is 0 Å². The summed E-state index contributed by atoms with van der Waals surface area (Å²) in [5.41, 5.74) is 0.862. The molecule has 8 heteroatoms. The first-order valence-corrected chi connectivity index (χ1v) is 8.00.